The summed E-state index contributed by atoms with van der Waals surface area (Å²) in [6.07, 6.45) is 3.68. The van der Waals surface area contributed by atoms with E-state index in [9.17, 15) is 4.79 Å². The monoisotopic (exact) mass is 144 g/mol. The van der Waals surface area contributed by atoms with Gasteiger partial charge < -0.3 is 0 Å². The molecule has 51 valence electrons. The predicted octanol–water partition coefficient (Wildman–Crippen LogP) is 0.643. The number of thioether (sulfide) groups is 1. The van der Waals surface area contributed by atoms with Gasteiger partial charge in [0.2, 0.25) is 5.91 Å². The first-order chi connectivity index (χ1) is 4.33. The molecule has 1 aliphatic rings. The zero-order valence-corrected chi connectivity index (χ0v) is 6.28. The fourth-order valence-corrected chi connectivity index (χ4v) is 1.56. The van der Waals surface area contributed by atoms with E-state index < -0.39 is 0 Å². The van der Waals surface area contributed by atoms with Crippen molar-refractivity contribution in [1.82, 2.24) is 5.32 Å². The Morgan fingerprint density at radius 2 is 2.67 bits per heavy atom. The number of carbonyl (C=O) groups excluding carboxylic acids is 1. The Labute approximate surface area is 59.4 Å². The third-order valence-electron chi connectivity index (χ3n) is 1.38. The Kier molecular flexibility index (Phi) is 2.39. The molecule has 1 heterocycles. The van der Waals surface area contributed by atoms with Crippen LogP contribution in [-0.4, -0.2) is 24.0 Å². The fourth-order valence-electron chi connectivity index (χ4n) is 0.936. The van der Waals surface area contributed by atoms with Gasteiger partial charge in [0, 0.05) is 12.2 Å². The number of amides is 1. The van der Waals surface area contributed by atoms with Gasteiger partial charge in [0.1, 0.15) is 0 Å². The van der Waals surface area contributed by atoms with Crippen molar-refractivity contribution in [2.75, 3.05) is 12.0 Å². The molecule has 0 aliphatic carbocycles. The quantitative estimate of drug-likeness (QED) is 0.569. The summed E-state index contributed by atoms with van der Waals surface area (Å²) in [5.74, 6) is 1.10. The lowest BCUT2D eigenvalue weighted by Crippen LogP contribution is -2.19. The SMILES string of the molecule is CSCC1CCC(=O)[N]1. The molecule has 3 heteroatoms. The first kappa shape index (κ1) is 6.93. The van der Waals surface area contributed by atoms with Crippen molar-refractivity contribution in [1.29, 1.82) is 0 Å². The van der Waals surface area contributed by atoms with Crippen LogP contribution in [0.2, 0.25) is 0 Å². The second-order valence-corrected chi connectivity index (χ2v) is 3.08. The van der Waals surface area contributed by atoms with Crippen molar-refractivity contribution in [2.24, 2.45) is 0 Å². The van der Waals surface area contributed by atoms with Crippen LogP contribution in [0, 0.1) is 0 Å². The highest BCUT2D eigenvalue weighted by Gasteiger charge is 2.21. The van der Waals surface area contributed by atoms with Crippen LogP contribution in [0.3, 0.4) is 0 Å². The molecular formula is C6H10NOS. The molecule has 2 nitrogen and oxygen atoms in total. The molecule has 1 saturated heterocycles. The molecule has 1 unspecified atom stereocenters. The van der Waals surface area contributed by atoms with Gasteiger partial charge in [-0.15, -0.1) is 0 Å². The molecule has 1 radical (unpaired) electrons. The van der Waals surface area contributed by atoms with E-state index in [1.807, 2.05) is 6.26 Å². The van der Waals surface area contributed by atoms with Gasteiger partial charge in [-0.25, -0.2) is 5.32 Å². The van der Waals surface area contributed by atoms with Crippen LogP contribution in [-0.2, 0) is 4.79 Å². The second kappa shape index (κ2) is 3.11. The lowest BCUT2D eigenvalue weighted by atomic mass is 10.2. The Bertz CT molecular complexity index is 116. The number of nitrogens with zero attached hydrogens (tertiary/aromatic N) is 1. The minimum atomic E-state index is 0.0917. The number of hydrogen-bond acceptors (Lipinski definition) is 2. The Balaban J connectivity index is 2.22. The van der Waals surface area contributed by atoms with Gasteiger partial charge in [-0.2, -0.15) is 11.8 Å². The fraction of sp³-hybridized carbons (Fsp3) is 0.833. The molecule has 0 spiro atoms. The topological polar surface area (TPSA) is 31.2 Å². The van der Waals surface area contributed by atoms with Gasteiger partial charge in [0.25, 0.3) is 0 Å². The van der Waals surface area contributed by atoms with Gasteiger partial charge in [-0.3, -0.25) is 4.79 Å². The van der Waals surface area contributed by atoms with Crippen molar-refractivity contribution in [3.05, 3.63) is 0 Å². The Hall–Kier alpha value is -0.180. The van der Waals surface area contributed by atoms with E-state index in [1.54, 1.807) is 11.8 Å². The van der Waals surface area contributed by atoms with E-state index in [0.717, 1.165) is 12.2 Å². The third kappa shape index (κ3) is 1.90. The average Bonchev–Trinajstić information content (AvgIpc) is 2.17. The molecule has 0 aromatic rings. The van der Waals surface area contributed by atoms with Crippen LogP contribution in [0.5, 0.6) is 0 Å². The van der Waals surface area contributed by atoms with Crippen LogP contribution >= 0.6 is 11.8 Å². The molecule has 0 saturated carbocycles. The van der Waals surface area contributed by atoms with E-state index in [2.05, 4.69) is 5.32 Å². The highest BCUT2D eigenvalue weighted by Crippen LogP contribution is 2.11. The summed E-state index contributed by atoms with van der Waals surface area (Å²) in [7, 11) is 0. The largest absolute Gasteiger partial charge is 0.273 e. The van der Waals surface area contributed by atoms with Gasteiger partial charge in [-0.05, 0) is 12.7 Å². The molecule has 1 aliphatic heterocycles. The first-order valence-electron chi connectivity index (χ1n) is 3.05. The van der Waals surface area contributed by atoms with Gasteiger partial charge in [0.05, 0.1) is 6.04 Å². The minimum absolute atomic E-state index is 0.0917. The van der Waals surface area contributed by atoms with Gasteiger partial charge in [0.15, 0.2) is 0 Å². The summed E-state index contributed by atoms with van der Waals surface area (Å²) in [6, 6.07) is 0.326. The zero-order valence-electron chi connectivity index (χ0n) is 5.46. The van der Waals surface area contributed by atoms with Crippen LogP contribution in [0.4, 0.5) is 0 Å². The van der Waals surface area contributed by atoms with E-state index in [1.165, 1.54) is 0 Å². The summed E-state index contributed by atoms with van der Waals surface area (Å²) in [4.78, 5) is 10.6. The summed E-state index contributed by atoms with van der Waals surface area (Å²) in [6.45, 7) is 0. The molecule has 1 fully saturated rings. The summed E-state index contributed by atoms with van der Waals surface area (Å²) in [5, 5.41) is 3.92. The van der Waals surface area contributed by atoms with E-state index in [-0.39, 0.29) is 5.91 Å². The van der Waals surface area contributed by atoms with Gasteiger partial charge >= 0.3 is 0 Å². The molecule has 1 amide bonds. The molecule has 9 heavy (non-hydrogen) atoms. The lowest BCUT2D eigenvalue weighted by Gasteiger charge is -2.02. The van der Waals surface area contributed by atoms with Crippen molar-refractivity contribution in [3.8, 4) is 0 Å². The van der Waals surface area contributed by atoms with Crippen LogP contribution in [0.25, 0.3) is 0 Å². The predicted molar refractivity (Wildman–Crippen MR) is 38.5 cm³/mol. The van der Waals surface area contributed by atoms with Crippen molar-refractivity contribution < 1.29 is 4.79 Å². The lowest BCUT2D eigenvalue weighted by molar-refractivity contribution is -0.119. The first-order valence-corrected chi connectivity index (χ1v) is 4.45. The van der Waals surface area contributed by atoms with E-state index in [0.29, 0.717) is 12.5 Å². The highest BCUT2D eigenvalue weighted by molar-refractivity contribution is 7.98. The van der Waals surface area contributed by atoms with Gasteiger partial charge in [-0.1, -0.05) is 0 Å². The van der Waals surface area contributed by atoms with Crippen LogP contribution in [0.1, 0.15) is 12.8 Å². The normalized spacial score (nSPS) is 26.3. The number of carbonyl (C=O) groups is 1. The summed E-state index contributed by atoms with van der Waals surface area (Å²) < 4.78 is 0. The number of rotatable bonds is 2. The zero-order chi connectivity index (χ0) is 6.69. The van der Waals surface area contributed by atoms with Crippen LogP contribution in [0.15, 0.2) is 0 Å². The summed E-state index contributed by atoms with van der Waals surface area (Å²) in [5.41, 5.74) is 0. The molecule has 0 bridgehead atoms. The van der Waals surface area contributed by atoms with E-state index >= 15 is 0 Å². The van der Waals surface area contributed by atoms with Crippen molar-refractivity contribution >= 4 is 17.7 Å². The number of hydrogen-bond donors (Lipinski definition) is 0. The standard InChI is InChI=1S/C6H10NOS/c1-9-4-5-2-3-6(8)7-5/h5H,2-4H2,1H3. The molecule has 1 rings (SSSR count). The molecule has 0 aromatic carbocycles. The summed E-state index contributed by atoms with van der Waals surface area (Å²) >= 11 is 1.75. The highest BCUT2D eigenvalue weighted by atomic mass is 32.2. The van der Waals surface area contributed by atoms with Crippen molar-refractivity contribution in [3.63, 3.8) is 0 Å². The third-order valence-corrected chi connectivity index (χ3v) is 2.10. The van der Waals surface area contributed by atoms with Crippen LogP contribution < -0.4 is 5.32 Å². The second-order valence-electron chi connectivity index (χ2n) is 2.17. The van der Waals surface area contributed by atoms with E-state index in [4.69, 9.17) is 0 Å². The molecule has 1 atom stereocenters. The maximum atomic E-state index is 10.6. The Morgan fingerprint density at radius 1 is 1.89 bits per heavy atom. The molecule has 0 aromatic heterocycles. The average molecular weight is 144 g/mol. The minimum Gasteiger partial charge on any atom is -0.273 e. The smallest absolute Gasteiger partial charge is 0.241 e. The maximum Gasteiger partial charge on any atom is 0.241 e. The Morgan fingerprint density at radius 3 is 3.11 bits per heavy atom. The van der Waals surface area contributed by atoms with Crippen molar-refractivity contribution in [2.45, 2.75) is 18.9 Å². The maximum absolute atomic E-state index is 10.6. The molecular weight excluding hydrogens is 134 g/mol. The molecule has 0 N–H and O–H groups in total.